The molecule has 0 unspecified atom stereocenters. The van der Waals surface area contributed by atoms with Crippen LogP contribution in [0.2, 0.25) is 0 Å². The quantitative estimate of drug-likeness (QED) is 0.837. The van der Waals surface area contributed by atoms with Crippen molar-refractivity contribution in [3.63, 3.8) is 0 Å². The molecule has 2 N–H and O–H groups in total. The first kappa shape index (κ1) is 19.3. The fourth-order valence-electron chi connectivity index (χ4n) is 4.90. The van der Waals surface area contributed by atoms with Gasteiger partial charge in [-0.05, 0) is 33.6 Å². The van der Waals surface area contributed by atoms with Crippen LogP contribution in [0.25, 0.3) is 0 Å². The van der Waals surface area contributed by atoms with Crippen LogP contribution in [0, 0.1) is 11.8 Å². The van der Waals surface area contributed by atoms with Crippen LogP contribution in [0.4, 0.5) is 16.6 Å². The Morgan fingerprint density at radius 1 is 1.07 bits per heavy atom. The van der Waals surface area contributed by atoms with E-state index in [1.54, 1.807) is 0 Å². The third-order valence-electron chi connectivity index (χ3n) is 6.24. The molecule has 1 aliphatic carbocycles. The highest BCUT2D eigenvalue weighted by Gasteiger charge is 2.43. The molecule has 1 aromatic rings. The molecule has 0 radical (unpaired) electrons. The number of ether oxygens (including phenoxy) is 1. The monoisotopic (exact) mass is 387 g/mol. The van der Waals surface area contributed by atoms with Crippen molar-refractivity contribution in [1.29, 1.82) is 0 Å². The number of rotatable bonds is 2. The number of amides is 1. The van der Waals surface area contributed by atoms with E-state index >= 15 is 0 Å². The van der Waals surface area contributed by atoms with Crippen LogP contribution in [0.3, 0.4) is 0 Å². The zero-order chi connectivity index (χ0) is 19.9. The van der Waals surface area contributed by atoms with Crippen LogP contribution in [0.15, 0.2) is 6.07 Å². The van der Waals surface area contributed by atoms with Crippen LogP contribution in [-0.4, -0.2) is 52.7 Å². The van der Waals surface area contributed by atoms with Gasteiger partial charge in [0.05, 0.1) is 5.69 Å². The molecule has 7 heteroatoms. The second kappa shape index (κ2) is 7.41. The molecule has 2 atom stereocenters. The number of likely N-dealkylation sites (tertiary alicyclic amines) is 1. The van der Waals surface area contributed by atoms with Gasteiger partial charge in [-0.1, -0.05) is 19.3 Å². The van der Waals surface area contributed by atoms with Crippen LogP contribution in [-0.2, 0) is 4.74 Å². The molecular weight excluding hydrogens is 354 g/mol. The molecule has 4 rings (SSSR count). The number of fused-ring (bicyclic) bond motifs is 1. The number of hydrogen-bond donors (Lipinski definition) is 1. The lowest BCUT2D eigenvalue weighted by Crippen LogP contribution is -2.37. The van der Waals surface area contributed by atoms with E-state index in [9.17, 15) is 4.79 Å². The molecule has 2 saturated heterocycles. The van der Waals surface area contributed by atoms with E-state index in [0.717, 1.165) is 37.7 Å². The third kappa shape index (κ3) is 4.18. The molecule has 0 spiro atoms. The summed E-state index contributed by atoms with van der Waals surface area (Å²) in [5.41, 5.74) is 6.71. The van der Waals surface area contributed by atoms with Crippen LogP contribution in [0.5, 0.6) is 0 Å². The Kier molecular flexibility index (Phi) is 5.10. The number of carbonyl (C=O) groups is 1. The molecule has 154 valence electrons. The minimum Gasteiger partial charge on any atom is -0.444 e. The summed E-state index contributed by atoms with van der Waals surface area (Å²) in [5, 5.41) is 0. The lowest BCUT2D eigenvalue weighted by atomic mass is 9.87. The summed E-state index contributed by atoms with van der Waals surface area (Å²) in [4.78, 5) is 25.6. The molecule has 1 saturated carbocycles. The summed E-state index contributed by atoms with van der Waals surface area (Å²) in [7, 11) is 0. The summed E-state index contributed by atoms with van der Waals surface area (Å²) in [5.74, 6) is 2.77. The first-order valence-electron chi connectivity index (χ1n) is 10.7. The molecular formula is C21H33N5O2. The van der Waals surface area contributed by atoms with Crippen LogP contribution in [0.1, 0.15) is 64.5 Å². The molecule has 3 heterocycles. The molecule has 1 amide bonds. The average molecular weight is 388 g/mol. The van der Waals surface area contributed by atoms with Gasteiger partial charge < -0.3 is 20.3 Å². The fourth-order valence-corrected chi connectivity index (χ4v) is 4.90. The summed E-state index contributed by atoms with van der Waals surface area (Å²) in [6.45, 7) is 9.06. The summed E-state index contributed by atoms with van der Waals surface area (Å²) >= 11 is 0. The molecule has 3 aliphatic rings. The highest BCUT2D eigenvalue weighted by molar-refractivity contribution is 5.68. The topological polar surface area (TPSA) is 84.6 Å². The van der Waals surface area contributed by atoms with Gasteiger partial charge in [-0.3, -0.25) is 0 Å². The molecule has 7 nitrogen and oxygen atoms in total. The first-order valence-corrected chi connectivity index (χ1v) is 10.7. The second-order valence-corrected chi connectivity index (χ2v) is 9.65. The highest BCUT2D eigenvalue weighted by atomic mass is 16.6. The van der Waals surface area contributed by atoms with E-state index in [1.807, 2.05) is 25.7 Å². The number of nitrogens with two attached hydrogens (primary N) is 1. The minimum atomic E-state index is -0.450. The molecule has 2 aliphatic heterocycles. The van der Waals surface area contributed by atoms with Crippen molar-refractivity contribution in [2.45, 2.75) is 64.4 Å². The Morgan fingerprint density at radius 2 is 1.71 bits per heavy atom. The Morgan fingerprint density at radius 3 is 2.32 bits per heavy atom. The standard InChI is InChI=1S/C21H33N5O2/c1-21(2,3)28-20(27)26-12-15-10-25(11-16(15)13-26)18-9-17(23-19(22)24-18)14-7-5-4-6-8-14/h9,14-16H,4-8,10-13H2,1-3H3,(H2,22,23,24)/t15-,16+. The lowest BCUT2D eigenvalue weighted by Gasteiger charge is -2.27. The predicted octanol–water partition coefficient (Wildman–Crippen LogP) is 3.41. The number of anilines is 2. The SMILES string of the molecule is CC(C)(C)OC(=O)N1C[C@@H]2CN(c3cc(C4CCCCC4)nc(N)n3)C[C@@H]2C1. The second-order valence-electron chi connectivity index (χ2n) is 9.65. The molecule has 28 heavy (non-hydrogen) atoms. The van der Waals surface area contributed by atoms with Crippen molar-refractivity contribution in [3.8, 4) is 0 Å². The molecule has 0 aromatic carbocycles. The number of nitrogen functional groups attached to an aromatic ring is 1. The Bertz CT molecular complexity index is 712. The molecule has 1 aromatic heterocycles. The van der Waals surface area contributed by atoms with Crippen molar-refractivity contribution in [2.24, 2.45) is 11.8 Å². The first-order chi connectivity index (χ1) is 13.3. The van der Waals surface area contributed by atoms with Crippen molar-refractivity contribution in [1.82, 2.24) is 14.9 Å². The number of hydrogen-bond acceptors (Lipinski definition) is 6. The number of nitrogens with zero attached hydrogens (tertiary/aromatic N) is 4. The van der Waals surface area contributed by atoms with E-state index in [0.29, 0.717) is 23.7 Å². The fraction of sp³-hybridized carbons (Fsp3) is 0.762. The van der Waals surface area contributed by atoms with Gasteiger partial charge in [-0.25, -0.2) is 9.78 Å². The van der Waals surface area contributed by atoms with E-state index in [1.165, 1.54) is 32.1 Å². The maximum absolute atomic E-state index is 12.4. The normalized spacial score (nSPS) is 25.8. The van der Waals surface area contributed by atoms with E-state index < -0.39 is 5.60 Å². The Balaban J connectivity index is 1.41. The van der Waals surface area contributed by atoms with Crippen molar-refractivity contribution >= 4 is 17.9 Å². The molecule has 0 bridgehead atoms. The largest absolute Gasteiger partial charge is 0.444 e. The van der Waals surface area contributed by atoms with Gasteiger partial charge in [0.15, 0.2) is 0 Å². The van der Waals surface area contributed by atoms with Gasteiger partial charge in [0.25, 0.3) is 0 Å². The number of carbonyl (C=O) groups excluding carboxylic acids is 1. The minimum absolute atomic E-state index is 0.195. The maximum Gasteiger partial charge on any atom is 0.410 e. The van der Waals surface area contributed by atoms with Gasteiger partial charge in [0, 0.05) is 50.0 Å². The van der Waals surface area contributed by atoms with Gasteiger partial charge in [-0.15, -0.1) is 0 Å². The average Bonchev–Trinajstić information content (AvgIpc) is 3.20. The van der Waals surface area contributed by atoms with Gasteiger partial charge in [0.2, 0.25) is 5.95 Å². The Labute approximate surface area is 167 Å². The number of aromatic nitrogens is 2. The van der Waals surface area contributed by atoms with E-state index in [2.05, 4.69) is 20.9 Å². The van der Waals surface area contributed by atoms with Crippen molar-refractivity contribution in [2.75, 3.05) is 36.8 Å². The van der Waals surface area contributed by atoms with Gasteiger partial charge >= 0.3 is 6.09 Å². The lowest BCUT2D eigenvalue weighted by molar-refractivity contribution is 0.0282. The zero-order valence-electron chi connectivity index (χ0n) is 17.4. The van der Waals surface area contributed by atoms with E-state index in [4.69, 9.17) is 10.5 Å². The van der Waals surface area contributed by atoms with Crippen molar-refractivity contribution in [3.05, 3.63) is 11.8 Å². The smallest absolute Gasteiger partial charge is 0.410 e. The highest BCUT2D eigenvalue weighted by Crippen LogP contribution is 2.37. The van der Waals surface area contributed by atoms with Gasteiger partial charge in [-0.2, -0.15) is 4.98 Å². The summed E-state index contributed by atoms with van der Waals surface area (Å²) < 4.78 is 5.53. The zero-order valence-corrected chi connectivity index (χ0v) is 17.4. The van der Waals surface area contributed by atoms with Gasteiger partial charge in [0.1, 0.15) is 11.4 Å². The Hall–Kier alpha value is -2.05. The third-order valence-corrected chi connectivity index (χ3v) is 6.24. The summed E-state index contributed by atoms with van der Waals surface area (Å²) in [6.07, 6.45) is 6.08. The van der Waals surface area contributed by atoms with E-state index in [-0.39, 0.29) is 6.09 Å². The molecule has 3 fully saturated rings. The van der Waals surface area contributed by atoms with Crippen molar-refractivity contribution < 1.29 is 9.53 Å². The summed E-state index contributed by atoms with van der Waals surface area (Å²) in [6, 6.07) is 2.15. The maximum atomic E-state index is 12.4. The van der Waals surface area contributed by atoms with Crippen LogP contribution >= 0.6 is 0 Å². The van der Waals surface area contributed by atoms with Crippen LogP contribution < -0.4 is 10.6 Å². The predicted molar refractivity (Wildman–Crippen MR) is 109 cm³/mol.